The Kier molecular flexibility index (Phi) is 5.79. The van der Waals surface area contributed by atoms with Gasteiger partial charge in [-0.25, -0.2) is 5.26 Å². The van der Waals surface area contributed by atoms with Gasteiger partial charge in [-0.2, -0.15) is 0 Å². The maximum atomic E-state index is 10.6. The van der Waals surface area contributed by atoms with Crippen molar-refractivity contribution in [1.82, 2.24) is 0 Å². The van der Waals surface area contributed by atoms with Crippen molar-refractivity contribution in [3.8, 4) is 34.5 Å². The molecule has 0 unspecified atom stereocenters. The Balaban J connectivity index is 2.65. The lowest BCUT2D eigenvalue weighted by molar-refractivity contribution is -0.138. The number of anilines is 2. The number of nitrogen functional groups attached to an aromatic ring is 2. The molecule has 0 spiro atoms. The van der Waals surface area contributed by atoms with Crippen LogP contribution < -0.4 is 16.4 Å². The van der Waals surface area contributed by atoms with Gasteiger partial charge in [0.1, 0.15) is 0 Å². The van der Waals surface area contributed by atoms with E-state index in [0.29, 0.717) is 21.5 Å². The van der Waals surface area contributed by atoms with Gasteiger partial charge in [0.25, 0.3) is 0 Å². The number of phenols is 5. The standard InChI is InChI=1S/C18H10I4N2O7/c19-7-1-3(8(20)14(26)13(7)25)6-4(10(22)16(28)18(31-30)12(6)24)2-5(1)11(23)17(29)15(27)9(2)21/h25-30H,23-24H2. The van der Waals surface area contributed by atoms with Crippen LogP contribution in [0.25, 0.3) is 32.3 Å². The van der Waals surface area contributed by atoms with E-state index in [9.17, 15) is 30.8 Å². The summed E-state index contributed by atoms with van der Waals surface area (Å²) in [5.74, 6) is -2.63. The zero-order chi connectivity index (χ0) is 23.1. The molecule has 4 aromatic rings. The van der Waals surface area contributed by atoms with E-state index in [1.54, 1.807) is 0 Å². The highest BCUT2D eigenvalue weighted by Gasteiger charge is 2.30. The maximum Gasteiger partial charge on any atom is 0.231 e. The lowest BCUT2D eigenvalue weighted by atomic mass is 9.91. The fourth-order valence-corrected chi connectivity index (χ4v) is 6.80. The molecule has 9 nitrogen and oxygen atoms in total. The average Bonchev–Trinajstić information content (AvgIpc) is 2.75. The molecule has 0 radical (unpaired) electrons. The van der Waals surface area contributed by atoms with Crippen molar-refractivity contribution in [3.05, 3.63) is 14.3 Å². The van der Waals surface area contributed by atoms with Crippen LogP contribution >= 0.6 is 90.4 Å². The lowest BCUT2D eigenvalue weighted by Crippen LogP contribution is -2.02. The minimum Gasteiger partial charge on any atom is -0.503 e. The molecule has 0 aromatic heterocycles. The van der Waals surface area contributed by atoms with Gasteiger partial charge in [0, 0.05) is 32.3 Å². The highest BCUT2D eigenvalue weighted by molar-refractivity contribution is 14.1. The summed E-state index contributed by atoms with van der Waals surface area (Å²) in [4.78, 5) is 4.33. The average molecular weight is 874 g/mol. The van der Waals surface area contributed by atoms with Gasteiger partial charge in [0.05, 0.1) is 25.7 Å². The number of aromatic hydroxyl groups is 5. The van der Waals surface area contributed by atoms with E-state index in [0.717, 1.165) is 0 Å². The normalized spacial score (nSPS) is 11.6. The molecule has 0 fully saturated rings. The molecule has 0 aliphatic carbocycles. The van der Waals surface area contributed by atoms with Gasteiger partial charge in [-0.15, -0.1) is 0 Å². The third-order valence-corrected chi connectivity index (χ3v) is 9.20. The Morgan fingerprint density at radius 3 is 1.19 bits per heavy atom. The van der Waals surface area contributed by atoms with Gasteiger partial charge in [-0.3, -0.25) is 0 Å². The van der Waals surface area contributed by atoms with Gasteiger partial charge in [-0.05, 0) is 90.4 Å². The van der Waals surface area contributed by atoms with Gasteiger partial charge < -0.3 is 41.9 Å². The van der Waals surface area contributed by atoms with Crippen LogP contribution in [0, 0.1) is 14.3 Å². The van der Waals surface area contributed by atoms with Crippen LogP contribution in [0.5, 0.6) is 34.5 Å². The number of hydrogen-bond acceptors (Lipinski definition) is 9. The number of fused-ring (bicyclic) bond motifs is 6. The van der Waals surface area contributed by atoms with Crippen molar-refractivity contribution in [2.75, 3.05) is 11.5 Å². The molecule has 0 saturated carbocycles. The van der Waals surface area contributed by atoms with Crippen LogP contribution in [0.3, 0.4) is 0 Å². The zero-order valence-electron chi connectivity index (χ0n) is 14.8. The Hall–Kier alpha value is -1.06. The predicted octanol–water partition coefficient (Wildman–Crippen LogP) is 5.11. The molecule has 0 aliphatic rings. The highest BCUT2D eigenvalue weighted by atomic mass is 127. The first-order valence-corrected chi connectivity index (χ1v) is 12.4. The van der Waals surface area contributed by atoms with E-state index in [2.05, 4.69) is 4.89 Å². The Morgan fingerprint density at radius 2 is 0.806 bits per heavy atom. The van der Waals surface area contributed by atoms with Crippen LogP contribution in [-0.2, 0) is 0 Å². The number of halogens is 4. The van der Waals surface area contributed by atoms with E-state index < -0.39 is 28.7 Å². The molecule has 4 aromatic carbocycles. The van der Waals surface area contributed by atoms with E-state index in [1.165, 1.54) is 0 Å². The molecule has 0 aliphatic heterocycles. The fourth-order valence-electron chi connectivity index (χ4n) is 3.63. The summed E-state index contributed by atoms with van der Waals surface area (Å²) in [6.45, 7) is 0. The van der Waals surface area contributed by atoms with Gasteiger partial charge >= 0.3 is 0 Å². The first-order valence-electron chi connectivity index (χ1n) is 8.09. The largest absolute Gasteiger partial charge is 0.503 e. The molecule has 0 bridgehead atoms. The zero-order valence-corrected chi connectivity index (χ0v) is 23.4. The first kappa shape index (κ1) is 23.1. The summed E-state index contributed by atoms with van der Waals surface area (Å²) in [6.07, 6.45) is 0. The monoisotopic (exact) mass is 874 g/mol. The lowest BCUT2D eigenvalue weighted by Gasteiger charge is -2.21. The minimum atomic E-state index is -0.543. The van der Waals surface area contributed by atoms with E-state index >= 15 is 0 Å². The van der Waals surface area contributed by atoms with Crippen molar-refractivity contribution in [3.63, 3.8) is 0 Å². The molecule has 4 rings (SSSR count). The van der Waals surface area contributed by atoms with E-state index in [1.807, 2.05) is 90.4 Å². The summed E-state index contributed by atoms with van der Waals surface area (Å²) in [6, 6.07) is 0. The highest BCUT2D eigenvalue weighted by Crippen LogP contribution is 2.57. The summed E-state index contributed by atoms with van der Waals surface area (Å²) in [5, 5.41) is 63.9. The van der Waals surface area contributed by atoms with Crippen molar-refractivity contribution >= 4 is 134 Å². The number of rotatable bonds is 1. The summed E-state index contributed by atoms with van der Waals surface area (Å²) < 4.78 is 0.882. The smallest absolute Gasteiger partial charge is 0.231 e. The van der Waals surface area contributed by atoms with E-state index in [-0.39, 0.29) is 42.2 Å². The molecule has 0 heterocycles. The second-order valence-corrected chi connectivity index (χ2v) is 10.8. The molecular weight excluding hydrogens is 864 g/mol. The Morgan fingerprint density at radius 1 is 0.484 bits per heavy atom. The van der Waals surface area contributed by atoms with Crippen molar-refractivity contribution in [2.45, 2.75) is 0 Å². The van der Waals surface area contributed by atoms with Crippen LogP contribution in [0.15, 0.2) is 0 Å². The molecule has 31 heavy (non-hydrogen) atoms. The van der Waals surface area contributed by atoms with Crippen molar-refractivity contribution in [1.29, 1.82) is 0 Å². The minimum absolute atomic E-state index is 0.136. The topological polar surface area (TPSA) is 183 Å². The third-order valence-electron chi connectivity index (χ3n) is 5.00. The van der Waals surface area contributed by atoms with Crippen LogP contribution in [0.4, 0.5) is 11.4 Å². The number of nitrogens with two attached hydrogens (primary N) is 2. The number of phenolic OH excluding ortho intramolecular Hbond substituents is 5. The molecular formula is C18H10I4N2O7. The van der Waals surface area contributed by atoms with Crippen LogP contribution in [0.2, 0.25) is 0 Å². The van der Waals surface area contributed by atoms with Crippen molar-refractivity contribution in [2.24, 2.45) is 0 Å². The Labute approximate surface area is 227 Å². The number of benzene rings is 4. The first-order chi connectivity index (χ1) is 14.5. The van der Waals surface area contributed by atoms with Gasteiger partial charge in [0.2, 0.25) is 5.75 Å². The summed E-state index contributed by atoms with van der Waals surface area (Å²) in [7, 11) is 0. The maximum absolute atomic E-state index is 10.6. The second kappa shape index (κ2) is 7.76. The molecule has 13 heteroatoms. The quantitative estimate of drug-likeness (QED) is 0.0322. The van der Waals surface area contributed by atoms with Gasteiger partial charge in [-0.1, -0.05) is 0 Å². The molecule has 10 N–H and O–H groups in total. The van der Waals surface area contributed by atoms with Gasteiger partial charge in [0.15, 0.2) is 28.7 Å². The van der Waals surface area contributed by atoms with Crippen molar-refractivity contribution < 1.29 is 35.7 Å². The number of hydrogen-bond donors (Lipinski definition) is 8. The third kappa shape index (κ3) is 2.91. The molecule has 162 valence electrons. The summed E-state index contributed by atoms with van der Waals surface area (Å²) in [5.41, 5.74) is 12.2. The van der Waals surface area contributed by atoms with E-state index in [4.69, 9.17) is 11.5 Å². The fraction of sp³-hybridized carbons (Fsp3) is 0. The van der Waals surface area contributed by atoms with Crippen LogP contribution in [0.1, 0.15) is 0 Å². The molecule has 0 amide bonds. The Bertz CT molecular complexity index is 1450. The van der Waals surface area contributed by atoms with Crippen LogP contribution in [-0.4, -0.2) is 30.8 Å². The SMILES string of the molecule is Nc1c(O)c(O)c(I)c2c1c1c(I)c(O)c(O)c(I)c1c1c(N)c(OO)c(O)c(I)c12. The predicted molar refractivity (Wildman–Crippen MR) is 150 cm³/mol. The molecule has 0 atom stereocenters. The summed E-state index contributed by atoms with van der Waals surface area (Å²) >= 11 is 7.33. The molecule has 0 saturated heterocycles. The second-order valence-electron chi connectivity index (χ2n) is 6.50.